The van der Waals surface area contributed by atoms with Crippen molar-refractivity contribution < 1.29 is 27.5 Å². The van der Waals surface area contributed by atoms with Crippen LogP contribution in [-0.4, -0.2) is 57.5 Å². The zero-order valence-electron chi connectivity index (χ0n) is 25.3. The van der Waals surface area contributed by atoms with Crippen LogP contribution in [0.4, 0.5) is 5.69 Å². The molecule has 0 aromatic heterocycles. The summed E-state index contributed by atoms with van der Waals surface area (Å²) >= 11 is 12.5. The summed E-state index contributed by atoms with van der Waals surface area (Å²) < 4.78 is 40.1. The molecule has 0 fully saturated rings. The molecule has 0 heterocycles. The molecule has 9 nitrogen and oxygen atoms in total. The summed E-state index contributed by atoms with van der Waals surface area (Å²) in [7, 11) is -1.46. The minimum atomic E-state index is -4.31. The summed E-state index contributed by atoms with van der Waals surface area (Å²) in [4.78, 5) is 28.8. The fourth-order valence-electron chi connectivity index (χ4n) is 4.23. The molecule has 0 spiro atoms. The first-order valence-corrected chi connectivity index (χ1v) is 15.6. The van der Waals surface area contributed by atoms with E-state index >= 15 is 0 Å². The smallest absolute Gasteiger partial charge is 0.264 e. The third kappa shape index (κ3) is 8.55. The monoisotopic (exact) mass is 649 g/mol. The number of anilines is 1. The molecule has 0 radical (unpaired) electrons. The van der Waals surface area contributed by atoms with Crippen LogP contribution in [0, 0.1) is 6.92 Å². The Hall–Kier alpha value is -3.47. The summed E-state index contributed by atoms with van der Waals surface area (Å²) in [6, 6.07) is 14.8. The highest BCUT2D eigenvalue weighted by Gasteiger charge is 2.35. The lowest BCUT2D eigenvalue weighted by Gasteiger charge is -2.34. The van der Waals surface area contributed by atoms with Crippen molar-refractivity contribution in [1.29, 1.82) is 0 Å². The third-order valence-electron chi connectivity index (χ3n) is 6.56. The molecule has 0 saturated heterocycles. The maximum absolute atomic E-state index is 14.2. The Morgan fingerprint density at radius 3 is 2.16 bits per heavy atom. The molecule has 0 aliphatic heterocycles. The van der Waals surface area contributed by atoms with E-state index in [-0.39, 0.29) is 22.9 Å². The zero-order chi connectivity index (χ0) is 32.1. The van der Waals surface area contributed by atoms with Gasteiger partial charge >= 0.3 is 0 Å². The van der Waals surface area contributed by atoms with E-state index in [0.717, 1.165) is 9.87 Å². The van der Waals surface area contributed by atoms with Crippen LogP contribution in [0.2, 0.25) is 10.0 Å². The molecule has 0 bridgehead atoms. The predicted molar refractivity (Wildman–Crippen MR) is 170 cm³/mol. The molecule has 3 rings (SSSR count). The average molecular weight is 651 g/mol. The normalized spacial score (nSPS) is 12.3. The number of sulfonamides is 1. The summed E-state index contributed by atoms with van der Waals surface area (Å²) in [6.07, 6.45) is 0. The van der Waals surface area contributed by atoms with Crippen LogP contribution >= 0.6 is 23.2 Å². The van der Waals surface area contributed by atoms with Crippen molar-refractivity contribution in [1.82, 2.24) is 10.2 Å². The number of hydrogen-bond acceptors (Lipinski definition) is 6. The van der Waals surface area contributed by atoms with Gasteiger partial charge in [-0.1, -0.05) is 47.0 Å². The van der Waals surface area contributed by atoms with E-state index in [0.29, 0.717) is 21.4 Å². The van der Waals surface area contributed by atoms with Gasteiger partial charge in [0.25, 0.3) is 10.0 Å². The van der Waals surface area contributed by atoms with Gasteiger partial charge in [0.15, 0.2) is 0 Å². The lowest BCUT2D eigenvalue weighted by molar-refractivity contribution is -0.140. The second-order valence-corrected chi connectivity index (χ2v) is 13.7. The first-order chi connectivity index (χ1) is 20.1. The molecule has 1 atom stereocenters. The van der Waals surface area contributed by atoms with Crippen molar-refractivity contribution >= 4 is 50.7 Å². The Labute approximate surface area is 263 Å². The highest BCUT2D eigenvalue weighted by atomic mass is 35.5. The number of nitrogens with one attached hydrogen (secondary N) is 1. The van der Waals surface area contributed by atoms with Crippen LogP contribution in [0.15, 0.2) is 65.6 Å². The minimum Gasteiger partial charge on any atom is -0.497 e. The van der Waals surface area contributed by atoms with E-state index in [1.165, 1.54) is 43.4 Å². The van der Waals surface area contributed by atoms with Gasteiger partial charge in [0.05, 0.1) is 24.8 Å². The van der Waals surface area contributed by atoms with Gasteiger partial charge in [-0.15, -0.1) is 0 Å². The summed E-state index contributed by atoms with van der Waals surface area (Å²) in [5, 5.41) is 3.59. The SMILES string of the molecule is COc1ccc(OC)c(N(CC(=O)N(Cc2ccc(Cl)cc2Cl)C(C)C(=O)NC(C)(C)C)S(=O)(=O)c2ccc(C)cc2)c1. The second-order valence-electron chi connectivity index (χ2n) is 11.0. The first kappa shape index (κ1) is 34.0. The molecular formula is C31H37Cl2N3O6S. The van der Waals surface area contributed by atoms with Gasteiger partial charge in [0.1, 0.15) is 24.1 Å². The third-order valence-corrected chi connectivity index (χ3v) is 8.92. The molecular weight excluding hydrogens is 613 g/mol. The van der Waals surface area contributed by atoms with Crippen molar-refractivity contribution in [2.45, 2.75) is 57.6 Å². The second kappa shape index (κ2) is 13.9. The van der Waals surface area contributed by atoms with Gasteiger partial charge in [-0.05, 0) is 76.6 Å². The standard InChI is InChI=1S/C31H37Cl2N3O6S/c1-20-8-13-25(14-9-20)43(39,40)36(27-17-24(41-6)12-15-28(27)42-7)19-29(37)35(21(2)30(38)34-31(3,4)5)18-22-10-11-23(32)16-26(22)33/h8-17,21H,18-19H2,1-7H3,(H,34,38). The molecule has 0 saturated carbocycles. The van der Waals surface area contributed by atoms with Crippen molar-refractivity contribution in [3.8, 4) is 11.5 Å². The molecule has 1 N–H and O–H groups in total. The van der Waals surface area contributed by atoms with Crippen LogP contribution in [0.1, 0.15) is 38.8 Å². The van der Waals surface area contributed by atoms with Crippen LogP contribution in [-0.2, 0) is 26.2 Å². The molecule has 232 valence electrons. The molecule has 12 heteroatoms. The maximum atomic E-state index is 14.2. The van der Waals surface area contributed by atoms with Gasteiger partial charge < -0.3 is 19.7 Å². The van der Waals surface area contributed by atoms with Gasteiger partial charge in [-0.25, -0.2) is 8.42 Å². The molecule has 1 unspecified atom stereocenters. The van der Waals surface area contributed by atoms with Crippen LogP contribution in [0.25, 0.3) is 0 Å². The topological polar surface area (TPSA) is 105 Å². The maximum Gasteiger partial charge on any atom is 0.264 e. The number of ether oxygens (including phenoxy) is 2. The Balaban J connectivity index is 2.15. The Bertz CT molecular complexity index is 1570. The fraction of sp³-hybridized carbons (Fsp3) is 0.355. The molecule has 2 amide bonds. The van der Waals surface area contributed by atoms with E-state index in [2.05, 4.69) is 5.32 Å². The Morgan fingerprint density at radius 1 is 0.953 bits per heavy atom. The van der Waals surface area contributed by atoms with E-state index in [1.807, 2.05) is 27.7 Å². The predicted octanol–water partition coefficient (Wildman–Crippen LogP) is 5.85. The lowest BCUT2D eigenvalue weighted by Crippen LogP contribution is -2.54. The fourth-order valence-corrected chi connectivity index (χ4v) is 6.12. The Kier molecular flexibility index (Phi) is 11.0. The van der Waals surface area contributed by atoms with E-state index in [1.54, 1.807) is 43.3 Å². The van der Waals surface area contributed by atoms with E-state index in [4.69, 9.17) is 32.7 Å². The number of carbonyl (C=O) groups excluding carboxylic acids is 2. The molecule has 3 aromatic rings. The largest absolute Gasteiger partial charge is 0.497 e. The van der Waals surface area contributed by atoms with Crippen molar-refractivity contribution in [2.75, 3.05) is 25.1 Å². The number of carbonyl (C=O) groups is 2. The van der Waals surface area contributed by atoms with Gasteiger partial charge in [0, 0.05) is 28.2 Å². The van der Waals surface area contributed by atoms with Crippen LogP contribution in [0.3, 0.4) is 0 Å². The van der Waals surface area contributed by atoms with Crippen molar-refractivity contribution in [3.05, 3.63) is 81.8 Å². The highest BCUT2D eigenvalue weighted by Crippen LogP contribution is 2.36. The lowest BCUT2D eigenvalue weighted by atomic mass is 10.1. The van der Waals surface area contributed by atoms with Crippen molar-refractivity contribution in [3.63, 3.8) is 0 Å². The number of amides is 2. The van der Waals surface area contributed by atoms with Gasteiger partial charge in [-0.3, -0.25) is 13.9 Å². The van der Waals surface area contributed by atoms with E-state index in [9.17, 15) is 18.0 Å². The highest BCUT2D eigenvalue weighted by molar-refractivity contribution is 7.92. The quantitative estimate of drug-likeness (QED) is 0.280. The number of nitrogens with zero attached hydrogens (tertiary/aromatic N) is 2. The molecule has 0 aliphatic carbocycles. The number of halogens is 2. The van der Waals surface area contributed by atoms with Gasteiger partial charge in [-0.2, -0.15) is 0 Å². The summed E-state index contributed by atoms with van der Waals surface area (Å²) in [5.74, 6) is -0.508. The van der Waals surface area contributed by atoms with Gasteiger partial charge in [0.2, 0.25) is 11.8 Å². The zero-order valence-corrected chi connectivity index (χ0v) is 27.6. The number of hydrogen-bond donors (Lipinski definition) is 1. The first-order valence-electron chi connectivity index (χ1n) is 13.4. The van der Waals surface area contributed by atoms with Crippen LogP contribution < -0.4 is 19.1 Å². The summed E-state index contributed by atoms with van der Waals surface area (Å²) in [5.41, 5.74) is 0.909. The summed E-state index contributed by atoms with van der Waals surface area (Å²) in [6.45, 7) is 8.15. The minimum absolute atomic E-state index is 0.0263. The van der Waals surface area contributed by atoms with E-state index < -0.39 is 40.0 Å². The Morgan fingerprint density at radius 2 is 1.60 bits per heavy atom. The number of methoxy groups -OCH3 is 2. The average Bonchev–Trinajstić information content (AvgIpc) is 2.94. The molecule has 43 heavy (non-hydrogen) atoms. The van der Waals surface area contributed by atoms with Crippen molar-refractivity contribution in [2.24, 2.45) is 0 Å². The molecule has 0 aliphatic rings. The number of aryl methyl sites for hydroxylation is 1. The molecule has 3 aromatic carbocycles. The number of benzene rings is 3. The van der Waals surface area contributed by atoms with Crippen LogP contribution in [0.5, 0.6) is 11.5 Å². The number of rotatable bonds is 11.